The molecule has 0 bridgehead atoms. The maximum Gasteiger partial charge on any atom is 0.262 e. The summed E-state index contributed by atoms with van der Waals surface area (Å²) < 4.78 is 1.57. The standard InChI is InChI=1S/C21H18ClN5O2S/c1-13-2-4-14(5-3-13)10-23-18(28)12-30-21-25-19-17(20(29)26-21)11-24-27(19)16-8-6-15(22)7-9-16/h2-9,11H,10,12H2,1H3,(H,23,28)(H,25,26,29). The molecule has 0 unspecified atom stereocenters. The SMILES string of the molecule is Cc1ccc(CNC(=O)CSc2nc3c(cnn3-c3ccc(Cl)cc3)c(=O)[nH]2)cc1. The molecule has 0 saturated carbocycles. The molecule has 30 heavy (non-hydrogen) atoms. The molecule has 9 heteroatoms. The van der Waals surface area contributed by atoms with E-state index in [0.29, 0.717) is 27.8 Å². The predicted octanol–water partition coefficient (Wildman–Crippen LogP) is 3.48. The zero-order chi connectivity index (χ0) is 21.1. The fraction of sp³-hybridized carbons (Fsp3) is 0.143. The number of benzene rings is 2. The monoisotopic (exact) mass is 439 g/mol. The first kappa shape index (κ1) is 20.2. The Morgan fingerprint density at radius 2 is 1.90 bits per heavy atom. The van der Waals surface area contributed by atoms with E-state index in [-0.39, 0.29) is 17.2 Å². The average Bonchev–Trinajstić information content (AvgIpc) is 3.17. The number of aromatic nitrogens is 4. The Morgan fingerprint density at radius 1 is 1.17 bits per heavy atom. The Kier molecular flexibility index (Phi) is 5.87. The second kappa shape index (κ2) is 8.73. The first-order valence-electron chi connectivity index (χ1n) is 9.18. The van der Waals surface area contributed by atoms with E-state index in [1.165, 1.54) is 11.8 Å². The summed E-state index contributed by atoms with van der Waals surface area (Å²) in [5, 5.41) is 8.47. The van der Waals surface area contributed by atoms with E-state index >= 15 is 0 Å². The van der Waals surface area contributed by atoms with Crippen molar-refractivity contribution in [3.63, 3.8) is 0 Å². The van der Waals surface area contributed by atoms with Crippen LogP contribution in [0.5, 0.6) is 0 Å². The number of nitrogens with one attached hydrogen (secondary N) is 2. The molecule has 0 radical (unpaired) electrons. The van der Waals surface area contributed by atoms with Gasteiger partial charge in [-0.25, -0.2) is 9.67 Å². The lowest BCUT2D eigenvalue weighted by molar-refractivity contribution is -0.118. The highest BCUT2D eigenvalue weighted by Gasteiger charge is 2.13. The topological polar surface area (TPSA) is 92.7 Å². The van der Waals surface area contributed by atoms with E-state index in [0.717, 1.165) is 23.0 Å². The maximum atomic E-state index is 12.4. The normalized spacial score (nSPS) is 11.0. The molecule has 4 aromatic rings. The second-order valence-electron chi connectivity index (χ2n) is 6.69. The van der Waals surface area contributed by atoms with Gasteiger partial charge in [0.2, 0.25) is 5.91 Å². The largest absolute Gasteiger partial charge is 0.351 e. The highest BCUT2D eigenvalue weighted by molar-refractivity contribution is 7.99. The summed E-state index contributed by atoms with van der Waals surface area (Å²) in [6.45, 7) is 2.47. The number of amides is 1. The summed E-state index contributed by atoms with van der Waals surface area (Å²) in [5.74, 6) is -0.00964. The van der Waals surface area contributed by atoms with Crippen LogP contribution in [0.2, 0.25) is 5.02 Å². The van der Waals surface area contributed by atoms with Crippen LogP contribution >= 0.6 is 23.4 Å². The van der Waals surface area contributed by atoms with Gasteiger partial charge in [-0.3, -0.25) is 9.59 Å². The molecule has 152 valence electrons. The van der Waals surface area contributed by atoms with E-state index in [4.69, 9.17) is 11.6 Å². The van der Waals surface area contributed by atoms with Crippen molar-refractivity contribution < 1.29 is 4.79 Å². The summed E-state index contributed by atoms with van der Waals surface area (Å²) in [4.78, 5) is 31.8. The van der Waals surface area contributed by atoms with Crippen molar-refractivity contribution in [1.82, 2.24) is 25.1 Å². The summed E-state index contributed by atoms with van der Waals surface area (Å²) in [6.07, 6.45) is 1.47. The van der Waals surface area contributed by atoms with E-state index < -0.39 is 0 Å². The Morgan fingerprint density at radius 3 is 2.63 bits per heavy atom. The first-order chi connectivity index (χ1) is 14.5. The van der Waals surface area contributed by atoms with Gasteiger partial charge < -0.3 is 10.3 Å². The molecule has 2 aromatic heterocycles. The van der Waals surface area contributed by atoms with Crippen LogP contribution in [0.25, 0.3) is 16.7 Å². The Labute approximate surface area is 181 Å². The Hall–Kier alpha value is -3.10. The fourth-order valence-electron chi connectivity index (χ4n) is 2.83. The second-order valence-corrected chi connectivity index (χ2v) is 8.09. The minimum Gasteiger partial charge on any atom is -0.351 e. The zero-order valence-electron chi connectivity index (χ0n) is 16.1. The van der Waals surface area contributed by atoms with Crippen LogP contribution in [0.1, 0.15) is 11.1 Å². The average molecular weight is 440 g/mol. The summed E-state index contributed by atoms with van der Waals surface area (Å²) in [7, 11) is 0. The van der Waals surface area contributed by atoms with Gasteiger partial charge in [-0.1, -0.05) is 53.2 Å². The van der Waals surface area contributed by atoms with E-state index in [1.807, 2.05) is 31.2 Å². The Bertz CT molecular complexity index is 1250. The molecule has 0 atom stereocenters. The molecule has 0 saturated heterocycles. The minimum absolute atomic E-state index is 0.134. The van der Waals surface area contributed by atoms with Crippen LogP contribution in [-0.4, -0.2) is 31.4 Å². The molecule has 2 N–H and O–H groups in total. The third-order valence-electron chi connectivity index (χ3n) is 4.44. The number of aryl methyl sites for hydroxylation is 1. The molecule has 2 heterocycles. The number of nitrogens with zero attached hydrogens (tertiary/aromatic N) is 3. The van der Waals surface area contributed by atoms with E-state index in [1.54, 1.807) is 28.9 Å². The van der Waals surface area contributed by atoms with Crippen LogP contribution in [0.4, 0.5) is 0 Å². The molecule has 1 amide bonds. The number of carbonyl (C=O) groups excluding carboxylic acids is 1. The van der Waals surface area contributed by atoms with Crippen LogP contribution < -0.4 is 10.9 Å². The van der Waals surface area contributed by atoms with Gasteiger partial charge in [-0.15, -0.1) is 0 Å². The van der Waals surface area contributed by atoms with Gasteiger partial charge in [0.05, 0.1) is 17.6 Å². The molecule has 0 aliphatic rings. The number of H-pyrrole nitrogens is 1. The lowest BCUT2D eigenvalue weighted by atomic mass is 10.1. The van der Waals surface area contributed by atoms with Crippen LogP contribution in [0, 0.1) is 6.92 Å². The van der Waals surface area contributed by atoms with Crippen molar-refractivity contribution in [3.8, 4) is 5.69 Å². The van der Waals surface area contributed by atoms with Gasteiger partial charge >= 0.3 is 0 Å². The van der Waals surface area contributed by atoms with Gasteiger partial charge in [0.1, 0.15) is 5.39 Å². The van der Waals surface area contributed by atoms with Gasteiger partial charge in [-0.05, 0) is 36.8 Å². The van der Waals surface area contributed by atoms with E-state index in [2.05, 4.69) is 20.4 Å². The molecular weight excluding hydrogens is 422 g/mol. The number of rotatable bonds is 6. The minimum atomic E-state index is -0.303. The number of halogens is 1. The number of hydrogen-bond donors (Lipinski definition) is 2. The number of carbonyl (C=O) groups is 1. The fourth-order valence-corrected chi connectivity index (χ4v) is 3.64. The zero-order valence-corrected chi connectivity index (χ0v) is 17.6. The van der Waals surface area contributed by atoms with Crippen molar-refractivity contribution in [2.45, 2.75) is 18.6 Å². The summed E-state index contributed by atoms with van der Waals surface area (Å²) >= 11 is 7.11. The molecule has 0 spiro atoms. The van der Waals surface area contributed by atoms with Crippen molar-refractivity contribution in [1.29, 1.82) is 0 Å². The molecule has 2 aromatic carbocycles. The van der Waals surface area contributed by atoms with Gasteiger partial charge in [0.15, 0.2) is 10.8 Å². The lowest BCUT2D eigenvalue weighted by Gasteiger charge is -2.06. The van der Waals surface area contributed by atoms with E-state index in [9.17, 15) is 9.59 Å². The van der Waals surface area contributed by atoms with Crippen molar-refractivity contribution in [3.05, 3.63) is 81.2 Å². The number of thioether (sulfide) groups is 1. The van der Waals surface area contributed by atoms with Crippen molar-refractivity contribution in [2.24, 2.45) is 0 Å². The summed E-state index contributed by atoms with van der Waals surface area (Å²) in [5.41, 5.74) is 3.05. The smallest absolute Gasteiger partial charge is 0.262 e. The van der Waals surface area contributed by atoms with Crippen molar-refractivity contribution >= 4 is 40.3 Å². The molecule has 4 rings (SSSR count). The Balaban J connectivity index is 1.47. The number of fused-ring (bicyclic) bond motifs is 1. The number of aromatic amines is 1. The molecular formula is C21H18ClN5O2S. The van der Waals surface area contributed by atoms with Gasteiger partial charge in [0, 0.05) is 11.6 Å². The van der Waals surface area contributed by atoms with Crippen LogP contribution in [-0.2, 0) is 11.3 Å². The third-order valence-corrected chi connectivity index (χ3v) is 5.56. The molecule has 0 aliphatic heterocycles. The van der Waals surface area contributed by atoms with Gasteiger partial charge in [0.25, 0.3) is 5.56 Å². The van der Waals surface area contributed by atoms with Crippen LogP contribution in [0.15, 0.2) is 64.7 Å². The number of hydrogen-bond acceptors (Lipinski definition) is 5. The molecule has 7 nitrogen and oxygen atoms in total. The highest BCUT2D eigenvalue weighted by Crippen LogP contribution is 2.19. The van der Waals surface area contributed by atoms with Gasteiger partial charge in [-0.2, -0.15) is 5.10 Å². The predicted molar refractivity (Wildman–Crippen MR) is 118 cm³/mol. The lowest BCUT2D eigenvalue weighted by Crippen LogP contribution is -2.24. The summed E-state index contributed by atoms with van der Waals surface area (Å²) in [6, 6.07) is 15.0. The maximum absolute atomic E-state index is 12.4. The third kappa shape index (κ3) is 4.55. The first-order valence-corrected chi connectivity index (χ1v) is 10.5. The molecule has 0 aliphatic carbocycles. The van der Waals surface area contributed by atoms with Crippen molar-refractivity contribution in [2.75, 3.05) is 5.75 Å². The van der Waals surface area contributed by atoms with Crippen LogP contribution in [0.3, 0.4) is 0 Å². The quantitative estimate of drug-likeness (QED) is 0.354. The highest BCUT2D eigenvalue weighted by atomic mass is 35.5. The molecule has 0 fully saturated rings.